The van der Waals surface area contributed by atoms with Crippen LogP contribution in [0.3, 0.4) is 0 Å². The van der Waals surface area contributed by atoms with Gasteiger partial charge in [0, 0.05) is 54.6 Å². The number of nitrogens with zero attached hydrogens (tertiary/aromatic N) is 5. The zero-order chi connectivity index (χ0) is 26.6. The van der Waals surface area contributed by atoms with Crippen LogP contribution in [-0.2, 0) is 10.0 Å². The number of benzene rings is 2. The van der Waals surface area contributed by atoms with Gasteiger partial charge in [0.15, 0.2) is 5.69 Å². The van der Waals surface area contributed by atoms with Gasteiger partial charge in [0.2, 0.25) is 15.5 Å². The monoisotopic (exact) mass is 536 g/mol. The van der Waals surface area contributed by atoms with Gasteiger partial charge in [-0.25, -0.2) is 18.1 Å². The first-order chi connectivity index (χ1) is 17.8. The fourth-order valence-electron chi connectivity index (χ4n) is 3.89. The molecule has 0 atom stereocenters. The molecule has 0 saturated carbocycles. The smallest absolute Gasteiger partial charge is 0.243 e. The van der Waals surface area contributed by atoms with E-state index in [-0.39, 0.29) is 22.4 Å². The van der Waals surface area contributed by atoms with E-state index in [0.29, 0.717) is 40.7 Å². The maximum Gasteiger partial charge on any atom is 0.243 e. The highest BCUT2D eigenvalue weighted by Gasteiger charge is 2.22. The molecule has 4 aromatic rings. The van der Waals surface area contributed by atoms with Crippen molar-refractivity contribution in [2.75, 3.05) is 13.1 Å². The van der Waals surface area contributed by atoms with Crippen LogP contribution in [0.25, 0.3) is 16.6 Å². The molecule has 0 saturated heterocycles. The number of fused-ring (bicyclic) bond motifs is 1. The van der Waals surface area contributed by atoms with Crippen LogP contribution in [0.1, 0.15) is 26.0 Å². The number of nitrogens with one attached hydrogen (secondary N) is 1. The molecular formula is C26H25ClN6O3S. The van der Waals surface area contributed by atoms with Crippen molar-refractivity contribution in [3.8, 4) is 5.69 Å². The van der Waals surface area contributed by atoms with E-state index in [1.54, 1.807) is 56.4 Å². The van der Waals surface area contributed by atoms with Gasteiger partial charge in [0.05, 0.1) is 27.5 Å². The molecule has 2 aromatic carbocycles. The number of pyridine rings is 1. The molecule has 2 aromatic heterocycles. The van der Waals surface area contributed by atoms with Crippen molar-refractivity contribution < 1.29 is 8.42 Å². The number of halogens is 1. The lowest BCUT2D eigenvalue weighted by molar-refractivity contribution is 0.445. The predicted octanol–water partition coefficient (Wildman–Crippen LogP) is 4.63. The van der Waals surface area contributed by atoms with E-state index < -0.39 is 10.0 Å². The Morgan fingerprint density at radius 3 is 2.65 bits per heavy atom. The second-order valence-corrected chi connectivity index (χ2v) is 10.4. The third-order valence-corrected chi connectivity index (χ3v) is 8.02. The molecule has 11 heteroatoms. The highest BCUT2D eigenvalue weighted by molar-refractivity contribution is 7.89. The zero-order valence-electron chi connectivity index (χ0n) is 20.3. The third-order valence-electron chi connectivity index (χ3n) is 5.74. The van der Waals surface area contributed by atoms with Crippen LogP contribution in [0, 0.1) is 5.41 Å². The number of rotatable bonds is 9. The number of hydrogen-bond acceptors (Lipinski definition) is 7. The molecule has 0 spiro atoms. The van der Waals surface area contributed by atoms with Gasteiger partial charge < -0.3 is 5.41 Å². The number of hydrogen-bond donors (Lipinski definition) is 1. The van der Waals surface area contributed by atoms with Gasteiger partial charge >= 0.3 is 0 Å². The summed E-state index contributed by atoms with van der Waals surface area (Å²) < 4.78 is 28.8. The second kappa shape index (κ2) is 11.1. The summed E-state index contributed by atoms with van der Waals surface area (Å²) in [4.78, 5) is 22.0. The summed E-state index contributed by atoms with van der Waals surface area (Å²) in [5, 5.41) is 13.4. The number of aliphatic imine (C=N–C) groups is 1. The molecule has 4 rings (SSSR count). The maximum atomic E-state index is 13.0. The molecule has 1 N–H and O–H groups in total. The highest BCUT2D eigenvalue weighted by atomic mass is 35.5. The molecule has 0 amide bonds. The van der Waals surface area contributed by atoms with Crippen molar-refractivity contribution >= 4 is 50.1 Å². The molecule has 0 fully saturated rings. The summed E-state index contributed by atoms with van der Waals surface area (Å²) in [5.74, 6) is 0. The van der Waals surface area contributed by atoms with Gasteiger partial charge in [0.25, 0.3) is 0 Å². The standard InChI is InChI=1S/C26H25ClN6O3S/c1-3-32(4-2)37(35,36)20-7-5-6-19(17-20)33-15-12-25(34)26(31-33)23(10-13-28)30-22-11-14-29-24-16-18(27)8-9-21(22)24/h5-9,11-17,28H,3-4,10H2,1-2H3. The first-order valence-electron chi connectivity index (χ1n) is 11.6. The summed E-state index contributed by atoms with van der Waals surface area (Å²) >= 11 is 6.09. The van der Waals surface area contributed by atoms with Crippen LogP contribution in [-0.4, -0.2) is 52.5 Å². The molecule has 190 valence electrons. The summed E-state index contributed by atoms with van der Waals surface area (Å²) in [7, 11) is -3.68. The maximum absolute atomic E-state index is 13.0. The average molecular weight is 537 g/mol. The van der Waals surface area contributed by atoms with Crippen molar-refractivity contribution in [3.05, 3.63) is 87.9 Å². The lowest BCUT2D eigenvalue weighted by Gasteiger charge is -2.19. The van der Waals surface area contributed by atoms with E-state index in [2.05, 4.69) is 15.1 Å². The Morgan fingerprint density at radius 2 is 1.92 bits per heavy atom. The van der Waals surface area contributed by atoms with E-state index >= 15 is 0 Å². The first kappa shape index (κ1) is 26.3. The van der Waals surface area contributed by atoms with Crippen molar-refractivity contribution in [1.29, 1.82) is 5.41 Å². The molecule has 9 nitrogen and oxygen atoms in total. The fraction of sp³-hybridized carbons (Fsp3) is 0.192. The van der Waals surface area contributed by atoms with Gasteiger partial charge in [-0.3, -0.25) is 9.78 Å². The molecule has 0 aliphatic rings. The Hall–Kier alpha value is -3.73. The Morgan fingerprint density at radius 1 is 1.14 bits per heavy atom. The highest BCUT2D eigenvalue weighted by Crippen LogP contribution is 2.27. The summed E-state index contributed by atoms with van der Waals surface area (Å²) in [6.45, 7) is 4.27. The zero-order valence-corrected chi connectivity index (χ0v) is 21.9. The largest absolute Gasteiger partial charge is 0.313 e. The fourth-order valence-corrected chi connectivity index (χ4v) is 5.56. The molecule has 37 heavy (non-hydrogen) atoms. The minimum Gasteiger partial charge on any atom is -0.313 e. The number of sulfonamides is 1. The molecule has 0 aliphatic heterocycles. The Labute approximate surface area is 219 Å². The van der Waals surface area contributed by atoms with Crippen LogP contribution in [0.15, 0.2) is 81.7 Å². The summed E-state index contributed by atoms with van der Waals surface area (Å²) in [5.41, 5.74) is 1.65. The van der Waals surface area contributed by atoms with Crippen LogP contribution in [0.5, 0.6) is 0 Å². The van der Waals surface area contributed by atoms with Crippen LogP contribution >= 0.6 is 11.6 Å². The third kappa shape index (κ3) is 5.51. The van der Waals surface area contributed by atoms with E-state index in [1.807, 2.05) is 0 Å². The molecule has 0 aliphatic carbocycles. The van der Waals surface area contributed by atoms with Gasteiger partial charge in [-0.1, -0.05) is 31.5 Å². The van der Waals surface area contributed by atoms with Crippen LogP contribution in [0.2, 0.25) is 5.02 Å². The molecule has 0 bridgehead atoms. The van der Waals surface area contributed by atoms with E-state index in [1.165, 1.54) is 33.4 Å². The van der Waals surface area contributed by atoms with Crippen LogP contribution in [0.4, 0.5) is 5.69 Å². The van der Waals surface area contributed by atoms with Gasteiger partial charge in [0.1, 0.15) is 0 Å². The predicted molar refractivity (Wildman–Crippen MR) is 146 cm³/mol. The summed E-state index contributed by atoms with van der Waals surface area (Å²) in [6.07, 6.45) is 4.29. The average Bonchev–Trinajstić information content (AvgIpc) is 2.89. The Kier molecular flexibility index (Phi) is 7.91. The van der Waals surface area contributed by atoms with Crippen molar-refractivity contribution in [2.24, 2.45) is 4.99 Å². The van der Waals surface area contributed by atoms with Gasteiger partial charge in [-0.05, 0) is 42.5 Å². The lowest BCUT2D eigenvalue weighted by Crippen LogP contribution is -2.30. The van der Waals surface area contributed by atoms with Crippen molar-refractivity contribution in [1.82, 2.24) is 19.1 Å². The topological polar surface area (TPSA) is 121 Å². The Balaban J connectivity index is 1.82. The normalized spacial score (nSPS) is 12.3. The first-order valence-corrected chi connectivity index (χ1v) is 13.4. The lowest BCUT2D eigenvalue weighted by atomic mass is 10.1. The molecule has 0 radical (unpaired) electrons. The number of aromatic nitrogens is 3. The minimum absolute atomic E-state index is 0.0573. The van der Waals surface area contributed by atoms with Gasteiger partial charge in [-0.2, -0.15) is 9.40 Å². The minimum atomic E-state index is -3.68. The molecule has 0 unspecified atom stereocenters. The van der Waals surface area contributed by atoms with E-state index in [0.717, 1.165) is 11.6 Å². The quantitative estimate of drug-likeness (QED) is 0.313. The van der Waals surface area contributed by atoms with Crippen molar-refractivity contribution in [3.63, 3.8) is 0 Å². The molecule has 2 heterocycles. The van der Waals surface area contributed by atoms with E-state index in [4.69, 9.17) is 17.0 Å². The van der Waals surface area contributed by atoms with E-state index in [9.17, 15) is 13.2 Å². The Bertz CT molecular complexity index is 1660. The summed E-state index contributed by atoms with van der Waals surface area (Å²) in [6, 6.07) is 14.7. The SMILES string of the molecule is CCN(CC)S(=O)(=O)c1cccc(-n2ccc(=O)c(C(CC=N)=Nc3ccnc4cc(Cl)ccc34)n2)c1. The van der Waals surface area contributed by atoms with Crippen LogP contribution < -0.4 is 5.43 Å². The van der Waals surface area contributed by atoms with Gasteiger partial charge in [-0.15, -0.1) is 0 Å². The molecular weight excluding hydrogens is 512 g/mol. The second-order valence-electron chi connectivity index (χ2n) is 8.02. The van der Waals surface area contributed by atoms with Crippen molar-refractivity contribution in [2.45, 2.75) is 25.2 Å².